The fourth-order valence-corrected chi connectivity index (χ4v) is 5.97. The predicted molar refractivity (Wildman–Crippen MR) is 175 cm³/mol. The molecule has 0 aromatic heterocycles. The van der Waals surface area contributed by atoms with Crippen molar-refractivity contribution in [1.29, 1.82) is 0 Å². The van der Waals surface area contributed by atoms with E-state index >= 15 is 0 Å². The predicted octanol–water partition coefficient (Wildman–Crippen LogP) is 9.80. The maximum Gasteiger partial charge on any atom is 0.231 e. The molecular weight excluding hydrogens is 516 g/mol. The van der Waals surface area contributed by atoms with Crippen molar-refractivity contribution in [3.63, 3.8) is 0 Å². The largest absolute Gasteiger partial charge is 0.280 e. The average Bonchev–Trinajstić information content (AvgIpc) is 3.30. The molecule has 0 saturated carbocycles. The molecule has 0 saturated heterocycles. The smallest absolute Gasteiger partial charge is 0.231 e. The molecule has 4 aromatic carbocycles. The lowest BCUT2D eigenvalue weighted by molar-refractivity contribution is -0.118. The van der Waals surface area contributed by atoms with Crippen molar-refractivity contribution in [3.8, 4) is 0 Å². The fourth-order valence-electron chi connectivity index (χ4n) is 5.97. The fraction of sp³-hybridized carbons (Fsp3) is 0.211. The van der Waals surface area contributed by atoms with E-state index in [0.717, 1.165) is 83.5 Å². The van der Waals surface area contributed by atoms with Gasteiger partial charge >= 0.3 is 0 Å². The number of nitrogens with zero attached hydrogens (tertiary/aromatic N) is 2. The van der Waals surface area contributed by atoms with Gasteiger partial charge in [-0.05, 0) is 59.4 Å². The standard InChI is InChI=1S/C38H36N2O2/c41-37(39-33-19-11-7-15-29(33)25-26-30-16-8-12-20-34(30)39)23-5-3-1-2-4-6-24-38(42)40-35-21-13-9-17-31(35)27-28-32-18-10-14-22-36(32)40/h7-22,25-28H,1-6,23-24H2. The molecule has 0 unspecified atom stereocenters. The quantitative estimate of drug-likeness (QED) is 0.194. The SMILES string of the molecule is O=C(CCCCCCCCC(=O)N1c2ccccc2C=Cc2ccccc21)N1c2ccccc2C=Cc2ccccc21. The topological polar surface area (TPSA) is 40.6 Å². The van der Waals surface area contributed by atoms with Gasteiger partial charge in [0.05, 0.1) is 22.7 Å². The zero-order valence-electron chi connectivity index (χ0n) is 23.9. The maximum absolute atomic E-state index is 13.5. The Labute approximate surface area is 248 Å². The highest BCUT2D eigenvalue weighted by atomic mass is 16.2. The number of fused-ring (bicyclic) bond motifs is 4. The average molecular weight is 553 g/mol. The van der Waals surface area contributed by atoms with Crippen LogP contribution in [0, 0.1) is 0 Å². The molecule has 0 radical (unpaired) electrons. The molecule has 0 bridgehead atoms. The van der Waals surface area contributed by atoms with Crippen molar-refractivity contribution in [2.45, 2.75) is 51.4 Å². The molecule has 2 amide bonds. The van der Waals surface area contributed by atoms with Gasteiger partial charge in [-0.25, -0.2) is 0 Å². The third kappa shape index (κ3) is 5.84. The highest BCUT2D eigenvalue weighted by Crippen LogP contribution is 2.38. The summed E-state index contributed by atoms with van der Waals surface area (Å²) < 4.78 is 0. The Kier molecular flexibility index (Phi) is 8.41. The molecule has 4 aromatic rings. The van der Waals surface area contributed by atoms with Crippen LogP contribution >= 0.6 is 0 Å². The first-order chi connectivity index (χ1) is 20.7. The summed E-state index contributed by atoms with van der Waals surface area (Å²) in [6.07, 6.45) is 15.3. The molecule has 4 heteroatoms. The lowest BCUT2D eigenvalue weighted by Crippen LogP contribution is -2.26. The van der Waals surface area contributed by atoms with Crippen LogP contribution in [0.2, 0.25) is 0 Å². The van der Waals surface area contributed by atoms with Crippen LogP contribution in [0.4, 0.5) is 22.7 Å². The molecule has 2 aliphatic rings. The van der Waals surface area contributed by atoms with E-state index in [4.69, 9.17) is 0 Å². The molecule has 2 heterocycles. The van der Waals surface area contributed by atoms with Crippen molar-refractivity contribution in [1.82, 2.24) is 0 Å². The Morgan fingerprint density at radius 2 is 0.643 bits per heavy atom. The normalized spacial score (nSPS) is 13.0. The lowest BCUT2D eigenvalue weighted by Gasteiger charge is -2.25. The summed E-state index contributed by atoms with van der Waals surface area (Å²) in [5.41, 5.74) is 8.00. The highest BCUT2D eigenvalue weighted by molar-refractivity contribution is 6.07. The van der Waals surface area contributed by atoms with E-state index in [9.17, 15) is 9.59 Å². The van der Waals surface area contributed by atoms with E-state index in [0.29, 0.717) is 12.8 Å². The Hall–Kier alpha value is -4.70. The van der Waals surface area contributed by atoms with Gasteiger partial charge in [0, 0.05) is 12.8 Å². The van der Waals surface area contributed by atoms with Crippen LogP contribution in [0.1, 0.15) is 73.6 Å². The number of hydrogen-bond donors (Lipinski definition) is 0. The van der Waals surface area contributed by atoms with Gasteiger partial charge in [-0.3, -0.25) is 19.4 Å². The van der Waals surface area contributed by atoms with Crippen LogP contribution in [0.15, 0.2) is 97.1 Å². The van der Waals surface area contributed by atoms with Crippen molar-refractivity contribution in [2.24, 2.45) is 0 Å². The van der Waals surface area contributed by atoms with Crippen molar-refractivity contribution in [3.05, 3.63) is 119 Å². The molecule has 2 aliphatic heterocycles. The Morgan fingerprint density at radius 3 is 0.952 bits per heavy atom. The van der Waals surface area contributed by atoms with Crippen LogP contribution in [0.5, 0.6) is 0 Å². The number of amides is 2. The van der Waals surface area contributed by atoms with Gasteiger partial charge in [0.1, 0.15) is 0 Å². The van der Waals surface area contributed by atoms with Crippen LogP contribution in [-0.2, 0) is 9.59 Å². The monoisotopic (exact) mass is 552 g/mol. The summed E-state index contributed by atoms with van der Waals surface area (Å²) in [6, 6.07) is 32.4. The van der Waals surface area contributed by atoms with Gasteiger partial charge in [-0.1, -0.05) is 123 Å². The molecule has 0 spiro atoms. The molecule has 0 atom stereocenters. The second kappa shape index (κ2) is 12.9. The summed E-state index contributed by atoms with van der Waals surface area (Å²) in [6.45, 7) is 0. The van der Waals surface area contributed by atoms with E-state index in [1.54, 1.807) is 0 Å². The number of para-hydroxylation sites is 4. The number of hydrogen-bond acceptors (Lipinski definition) is 2. The number of carbonyl (C=O) groups excluding carboxylic acids is 2. The Bertz CT molecular complexity index is 1430. The highest BCUT2D eigenvalue weighted by Gasteiger charge is 2.24. The summed E-state index contributed by atoms with van der Waals surface area (Å²) in [5.74, 6) is 0.272. The van der Waals surface area contributed by atoms with Crippen LogP contribution in [0.3, 0.4) is 0 Å². The van der Waals surface area contributed by atoms with Crippen molar-refractivity contribution < 1.29 is 9.59 Å². The Morgan fingerprint density at radius 1 is 0.381 bits per heavy atom. The molecule has 210 valence electrons. The summed E-state index contributed by atoms with van der Waals surface area (Å²) in [4.78, 5) is 30.8. The summed E-state index contributed by atoms with van der Waals surface area (Å²) in [5, 5.41) is 0. The summed E-state index contributed by atoms with van der Waals surface area (Å²) in [7, 11) is 0. The van der Waals surface area contributed by atoms with Crippen LogP contribution < -0.4 is 9.80 Å². The first-order valence-electron chi connectivity index (χ1n) is 15.1. The number of anilines is 4. The third-order valence-electron chi connectivity index (χ3n) is 8.13. The van der Waals surface area contributed by atoms with Gasteiger partial charge in [0.25, 0.3) is 0 Å². The first-order valence-corrected chi connectivity index (χ1v) is 15.1. The van der Waals surface area contributed by atoms with Gasteiger partial charge < -0.3 is 0 Å². The lowest BCUT2D eigenvalue weighted by atomic mass is 10.1. The van der Waals surface area contributed by atoms with Crippen molar-refractivity contribution in [2.75, 3.05) is 9.80 Å². The van der Waals surface area contributed by atoms with E-state index in [-0.39, 0.29) is 11.8 Å². The maximum atomic E-state index is 13.5. The van der Waals surface area contributed by atoms with Gasteiger partial charge in [-0.2, -0.15) is 0 Å². The number of unbranched alkanes of at least 4 members (excludes halogenated alkanes) is 5. The van der Waals surface area contributed by atoms with Gasteiger partial charge in [0.2, 0.25) is 11.8 Å². The minimum Gasteiger partial charge on any atom is -0.280 e. The minimum atomic E-state index is 0.136. The number of carbonyl (C=O) groups is 2. The second-order valence-electron chi connectivity index (χ2n) is 11.0. The van der Waals surface area contributed by atoms with E-state index in [1.807, 2.05) is 82.6 Å². The molecule has 6 rings (SSSR count). The second-order valence-corrected chi connectivity index (χ2v) is 11.0. The minimum absolute atomic E-state index is 0.136. The number of rotatable bonds is 9. The molecular formula is C38H36N2O2. The summed E-state index contributed by atoms with van der Waals surface area (Å²) >= 11 is 0. The third-order valence-corrected chi connectivity index (χ3v) is 8.13. The van der Waals surface area contributed by atoms with E-state index < -0.39 is 0 Å². The van der Waals surface area contributed by atoms with Crippen molar-refractivity contribution >= 4 is 58.9 Å². The van der Waals surface area contributed by atoms with Gasteiger partial charge in [-0.15, -0.1) is 0 Å². The van der Waals surface area contributed by atoms with E-state index in [1.165, 1.54) is 0 Å². The van der Waals surface area contributed by atoms with E-state index in [2.05, 4.69) is 48.6 Å². The molecule has 0 aliphatic carbocycles. The van der Waals surface area contributed by atoms with Crippen LogP contribution in [-0.4, -0.2) is 11.8 Å². The van der Waals surface area contributed by atoms with Crippen LogP contribution in [0.25, 0.3) is 24.3 Å². The van der Waals surface area contributed by atoms with Gasteiger partial charge in [0.15, 0.2) is 0 Å². The molecule has 4 nitrogen and oxygen atoms in total. The number of benzene rings is 4. The Balaban J connectivity index is 0.985. The molecule has 0 fully saturated rings. The molecule has 0 N–H and O–H groups in total. The molecule has 42 heavy (non-hydrogen) atoms. The zero-order chi connectivity index (χ0) is 28.7. The first kappa shape index (κ1) is 27.5. The zero-order valence-corrected chi connectivity index (χ0v) is 23.9.